The number of amides is 7. The van der Waals surface area contributed by atoms with Gasteiger partial charge in [-0.1, -0.05) is 83.7 Å². The monoisotopic (exact) mass is 955 g/mol. The standard InChI is InChI=1S/C47H69N7O14/c1-6-14-32(41(61)46(66)48-25-38(60)68-23-7-2)50-44(64)35-24-31(29-15-10-8-11-16-29)26-54(35)47(67)40(30-17-12-9-13-18-30)53-45(65)39(27(3)4)52-43(63)34(20-22-37(58)59)51-42(62)33(49-28(5)55)19-21-36(56)57/h8,10-11,15-16,27,30-35,39-40H,6-7,9,12-14,17-26H2,1-5H3,(H,48,66)(H,49,55)(H,50,64)(H,51,62)(H,52,63)(H,53,65)(H,56,57)(H,58,59)/t31-,32?,33?,34?,35+,39+,40?/m1/s1. The van der Waals surface area contributed by atoms with Crippen LogP contribution in [0.3, 0.4) is 0 Å². The van der Waals surface area contributed by atoms with E-state index in [0.29, 0.717) is 25.7 Å². The number of ether oxygens (including phenoxy) is 1. The molecule has 1 saturated carbocycles. The van der Waals surface area contributed by atoms with Gasteiger partial charge in [0, 0.05) is 32.2 Å². The number of carboxylic acids is 2. The highest BCUT2D eigenvalue weighted by molar-refractivity contribution is 6.38. The van der Waals surface area contributed by atoms with Crippen molar-refractivity contribution in [3.8, 4) is 0 Å². The van der Waals surface area contributed by atoms with Crippen LogP contribution in [-0.4, -0.2) is 136 Å². The van der Waals surface area contributed by atoms with Gasteiger partial charge in [-0.05, 0) is 62.3 Å². The summed E-state index contributed by atoms with van der Waals surface area (Å²) in [7, 11) is 0. The Hall–Kier alpha value is -6.41. The van der Waals surface area contributed by atoms with E-state index in [0.717, 1.165) is 31.7 Å². The van der Waals surface area contributed by atoms with Gasteiger partial charge in [-0.25, -0.2) is 0 Å². The Kier molecular flexibility index (Phi) is 23.1. The first-order valence-electron chi connectivity index (χ1n) is 23.5. The molecule has 0 radical (unpaired) electrons. The molecule has 3 rings (SSSR count). The molecule has 21 nitrogen and oxygen atoms in total. The topological polar surface area (TPSA) is 313 Å². The van der Waals surface area contributed by atoms with Gasteiger partial charge in [0.2, 0.25) is 41.2 Å². The molecular formula is C47H69N7O14. The maximum absolute atomic E-state index is 15.1. The van der Waals surface area contributed by atoms with Crippen molar-refractivity contribution in [2.24, 2.45) is 11.8 Å². The number of Topliss-reactive ketones (excluding diaryl/α,β-unsaturated/α-hetero) is 1. The fourth-order valence-electron chi connectivity index (χ4n) is 8.44. The molecule has 376 valence electrons. The highest BCUT2D eigenvalue weighted by Crippen LogP contribution is 2.35. The molecule has 0 spiro atoms. The molecular weight excluding hydrogens is 887 g/mol. The third-order valence-electron chi connectivity index (χ3n) is 12.0. The van der Waals surface area contributed by atoms with Gasteiger partial charge in [-0.2, -0.15) is 0 Å². The molecule has 1 saturated heterocycles. The number of aliphatic carboxylic acids is 2. The van der Waals surface area contributed by atoms with E-state index in [2.05, 4.69) is 31.9 Å². The third-order valence-corrected chi connectivity index (χ3v) is 12.0. The first-order valence-corrected chi connectivity index (χ1v) is 23.5. The summed E-state index contributed by atoms with van der Waals surface area (Å²) < 4.78 is 4.96. The third kappa shape index (κ3) is 17.7. The summed E-state index contributed by atoms with van der Waals surface area (Å²) in [4.78, 5) is 145. The van der Waals surface area contributed by atoms with Crippen LogP contribution < -0.4 is 31.9 Å². The maximum Gasteiger partial charge on any atom is 0.325 e. The average Bonchev–Trinajstić information content (AvgIpc) is 3.76. The summed E-state index contributed by atoms with van der Waals surface area (Å²) in [6.07, 6.45) is 2.81. The second kappa shape index (κ2) is 28.0. The molecule has 1 aromatic rings. The van der Waals surface area contributed by atoms with E-state index < -0.39 is 133 Å². The molecule has 21 heteroatoms. The fraction of sp³-hybridized carbons (Fsp3) is 0.638. The quantitative estimate of drug-likeness (QED) is 0.0455. The molecule has 68 heavy (non-hydrogen) atoms. The molecule has 1 aliphatic carbocycles. The van der Waals surface area contributed by atoms with Gasteiger partial charge in [0.25, 0.3) is 5.91 Å². The second-order valence-electron chi connectivity index (χ2n) is 17.8. The van der Waals surface area contributed by atoms with Crippen LogP contribution in [0.15, 0.2) is 30.3 Å². The van der Waals surface area contributed by atoms with E-state index >= 15 is 4.79 Å². The summed E-state index contributed by atoms with van der Waals surface area (Å²) in [5, 5.41) is 33.8. The number of carbonyl (C=O) groups is 11. The normalized spacial score (nSPS) is 18.1. The van der Waals surface area contributed by atoms with Gasteiger partial charge in [-0.15, -0.1) is 0 Å². The zero-order valence-electron chi connectivity index (χ0n) is 39.6. The Morgan fingerprint density at radius 3 is 1.88 bits per heavy atom. The zero-order chi connectivity index (χ0) is 50.5. The van der Waals surface area contributed by atoms with Crippen LogP contribution in [0, 0.1) is 11.8 Å². The molecule has 1 heterocycles. The Balaban J connectivity index is 1.94. The summed E-state index contributed by atoms with van der Waals surface area (Å²) >= 11 is 0. The number of esters is 1. The van der Waals surface area contributed by atoms with Gasteiger partial charge >= 0.3 is 17.9 Å². The minimum atomic E-state index is -1.54. The van der Waals surface area contributed by atoms with E-state index in [4.69, 9.17) is 4.74 Å². The number of benzene rings is 1. The van der Waals surface area contributed by atoms with Crippen LogP contribution in [0.4, 0.5) is 0 Å². The highest BCUT2D eigenvalue weighted by atomic mass is 16.5. The second-order valence-corrected chi connectivity index (χ2v) is 17.8. The van der Waals surface area contributed by atoms with Gasteiger partial charge in [-0.3, -0.25) is 52.7 Å². The Bertz CT molecular complexity index is 1960. The zero-order valence-corrected chi connectivity index (χ0v) is 39.6. The molecule has 7 atom stereocenters. The van der Waals surface area contributed by atoms with E-state index in [9.17, 15) is 58.2 Å². The van der Waals surface area contributed by atoms with Crippen molar-refractivity contribution in [3.05, 3.63) is 35.9 Å². The van der Waals surface area contributed by atoms with Gasteiger partial charge in [0.1, 0.15) is 36.8 Å². The SMILES string of the molecule is CCCOC(=O)CNC(=O)C(=O)C(CCC)NC(=O)[C@@H]1C[C@@H](c2ccccc2)CN1C(=O)C(NC(=O)[C@@H](NC(=O)C(CCC(=O)O)NC(=O)C(CCC(=O)O)NC(C)=O)C(C)C)C1CCCCC1. The van der Waals surface area contributed by atoms with Crippen molar-refractivity contribution in [3.63, 3.8) is 0 Å². The predicted octanol–water partition coefficient (Wildman–Crippen LogP) is 1.22. The molecule has 1 aliphatic heterocycles. The van der Waals surface area contributed by atoms with Crippen LogP contribution in [0.2, 0.25) is 0 Å². The van der Waals surface area contributed by atoms with Crippen LogP contribution in [0.1, 0.15) is 130 Å². The molecule has 2 fully saturated rings. The van der Waals surface area contributed by atoms with Crippen LogP contribution in [0.25, 0.3) is 0 Å². The summed E-state index contributed by atoms with van der Waals surface area (Å²) in [6, 6.07) is 1.33. The molecule has 1 aromatic carbocycles. The Morgan fingerprint density at radius 2 is 1.32 bits per heavy atom. The molecule has 0 aromatic heterocycles. The first-order chi connectivity index (χ1) is 32.3. The number of carbonyl (C=O) groups excluding carboxylic acids is 9. The maximum atomic E-state index is 15.1. The van der Waals surface area contributed by atoms with E-state index in [1.165, 1.54) is 4.90 Å². The molecule has 7 amide bonds. The predicted molar refractivity (Wildman–Crippen MR) is 244 cm³/mol. The molecule has 4 unspecified atom stereocenters. The number of carboxylic acid groups (broad SMARTS) is 2. The van der Waals surface area contributed by atoms with Crippen molar-refractivity contribution < 1.29 is 67.7 Å². The van der Waals surface area contributed by atoms with Crippen LogP contribution >= 0.6 is 0 Å². The van der Waals surface area contributed by atoms with Crippen molar-refractivity contribution in [2.45, 2.75) is 160 Å². The molecule has 0 bridgehead atoms. The fourth-order valence-corrected chi connectivity index (χ4v) is 8.44. The van der Waals surface area contributed by atoms with Crippen LogP contribution in [0.5, 0.6) is 0 Å². The lowest BCUT2D eigenvalue weighted by Gasteiger charge is -2.36. The number of hydrogen-bond donors (Lipinski definition) is 8. The van der Waals surface area contributed by atoms with Crippen molar-refractivity contribution >= 4 is 65.0 Å². The summed E-state index contributed by atoms with van der Waals surface area (Å²) in [5.74, 6) is -11.3. The van der Waals surface area contributed by atoms with E-state index in [-0.39, 0.29) is 44.2 Å². The summed E-state index contributed by atoms with van der Waals surface area (Å²) in [6.45, 7) is 7.58. The number of likely N-dealkylation sites (tertiary alicyclic amines) is 1. The molecule has 8 N–H and O–H groups in total. The van der Waals surface area contributed by atoms with Crippen molar-refractivity contribution in [1.82, 2.24) is 36.8 Å². The van der Waals surface area contributed by atoms with Gasteiger partial charge in [0.05, 0.1) is 12.6 Å². The lowest BCUT2D eigenvalue weighted by Crippen LogP contribution is -2.61. The molecule has 2 aliphatic rings. The van der Waals surface area contributed by atoms with Crippen molar-refractivity contribution in [1.29, 1.82) is 0 Å². The summed E-state index contributed by atoms with van der Waals surface area (Å²) in [5.41, 5.74) is 0.840. The minimum absolute atomic E-state index is 0.0635. The van der Waals surface area contributed by atoms with Gasteiger partial charge in [0.15, 0.2) is 0 Å². The van der Waals surface area contributed by atoms with Crippen LogP contribution in [-0.2, 0) is 57.5 Å². The van der Waals surface area contributed by atoms with E-state index in [1.54, 1.807) is 27.7 Å². The number of nitrogens with zero attached hydrogens (tertiary/aromatic N) is 1. The Morgan fingerprint density at radius 1 is 0.721 bits per heavy atom. The number of rotatable bonds is 27. The number of ketones is 1. The minimum Gasteiger partial charge on any atom is -0.481 e. The largest absolute Gasteiger partial charge is 0.481 e. The lowest BCUT2D eigenvalue weighted by atomic mass is 9.83. The first kappa shape index (κ1) is 55.9. The number of nitrogens with one attached hydrogen (secondary N) is 6. The number of hydrogen-bond acceptors (Lipinski definition) is 12. The van der Waals surface area contributed by atoms with Gasteiger partial charge < -0.3 is 51.8 Å². The van der Waals surface area contributed by atoms with E-state index in [1.807, 2.05) is 30.3 Å². The average molecular weight is 956 g/mol. The highest BCUT2D eigenvalue weighted by Gasteiger charge is 2.46. The Labute approximate surface area is 396 Å². The van der Waals surface area contributed by atoms with Crippen molar-refractivity contribution in [2.75, 3.05) is 19.7 Å². The smallest absolute Gasteiger partial charge is 0.325 e. The lowest BCUT2D eigenvalue weighted by molar-refractivity contribution is -0.146.